The first-order valence-corrected chi connectivity index (χ1v) is 17.6. The van der Waals surface area contributed by atoms with Crippen molar-refractivity contribution in [3.63, 3.8) is 0 Å². The Morgan fingerprint density at radius 3 is 1.46 bits per heavy atom. The van der Waals surface area contributed by atoms with E-state index in [-0.39, 0.29) is 0 Å². The molecule has 0 saturated heterocycles. The summed E-state index contributed by atoms with van der Waals surface area (Å²) in [6, 6.07) is 62.8. The van der Waals surface area contributed by atoms with E-state index in [1.54, 1.807) is 0 Å². The molecule has 9 aromatic carbocycles. The summed E-state index contributed by atoms with van der Waals surface area (Å²) in [5, 5.41) is 13.0. The molecule has 0 bridgehead atoms. The molecule has 0 atom stereocenters. The second-order valence-electron chi connectivity index (χ2n) is 13.8. The Labute approximate surface area is 291 Å². The highest BCUT2D eigenvalue weighted by Gasteiger charge is 2.21. The van der Waals surface area contributed by atoms with E-state index in [0.29, 0.717) is 5.92 Å². The number of benzene rings is 9. The summed E-state index contributed by atoms with van der Waals surface area (Å²) in [6.07, 6.45) is 0. The quantitative estimate of drug-likeness (QED) is 0.169. The number of hydrogen-bond donors (Lipinski definition) is 0. The molecule has 1 aromatic heterocycles. The van der Waals surface area contributed by atoms with Gasteiger partial charge in [-0.3, -0.25) is 0 Å². The molecule has 1 nitrogen and oxygen atoms in total. The standard InChI is InChI=1S/C49H35N/c1-31(2)43-30-45-49(38-19-9-8-18-37(38)43)48-36-17-7-6-14-32(36)26-29-44(48)50(45)35-27-24-34(25-28-35)47-41-22-12-10-20-39(41)46(33-15-4-3-5-16-33)40-21-11-13-23-42(40)47/h3-31H,1-2H3. The van der Waals surface area contributed by atoms with Crippen LogP contribution in [0, 0.1) is 0 Å². The lowest BCUT2D eigenvalue weighted by Crippen LogP contribution is -1.97. The normalized spacial score (nSPS) is 12.0. The summed E-state index contributed by atoms with van der Waals surface area (Å²) in [5.41, 5.74) is 10.1. The van der Waals surface area contributed by atoms with Crippen molar-refractivity contribution in [1.29, 1.82) is 0 Å². The molecule has 10 aromatic rings. The Morgan fingerprint density at radius 1 is 0.380 bits per heavy atom. The van der Waals surface area contributed by atoms with Gasteiger partial charge >= 0.3 is 0 Å². The van der Waals surface area contributed by atoms with E-state index in [1.165, 1.54) is 98.4 Å². The van der Waals surface area contributed by atoms with E-state index >= 15 is 0 Å². The van der Waals surface area contributed by atoms with Crippen LogP contribution in [-0.4, -0.2) is 4.57 Å². The van der Waals surface area contributed by atoms with Crippen molar-refractivity contribution >= 4 is 64.9 Å². The molecule has 0 fully saturated rings. The van der Waals surface area contributed by atoms with Crippen molar-refractivity contribution in [3.05, 3.63) is 175 Å². The van der Waals surface area contributed by atoms with Crippen molar-refractivity contribution in [3.8, 4) is 27.9 Å². The maximum atomic E-state index is 2.49. The van der Waals surface area contributed by atoms with Crippen molar-refractivity contribution < 1.29 is 0 Å². The molecular weight excluding hydrogens is 603 g/mol. The minimum atomic E-state index is 0.398. The molecule has 1 heteroatoms. The lowest BCUT2D eigenvalue weighted by Gasteiger charge is -2.18. The molecule has 0 N–H and O–H groups in total. The summed E-state index contributed by atoms with van der Waals surface area (Å²) in [6.45, 7) is 4.62. The first-order valence-electron chi connectivity index (χ1n) is 17.6. The maximum Gasteiger partial charge on any atom is 0.0550 e. The fourth-order valence-electron chi connectivity index (χ4n) is 8.55. The summed E-state index contributed by atoms with van der Waals surface area (Å²) in [7, 11) is 0. The van der Waals surface area contributed by atoms with Gasteiger partial charge in [-0.1, -0.05) is 159 Å². The van der Waals surface area contributed by atoms with Gasteiger partial charge in [-0.2, -0.15) is 0 Å². The van der Waals surface area contributed by atoms with E-state index < -0.39 is 0 Å². The minimum absolute atomic E-state index is 0.398. The first-order chi connectivity index (χ1) is 24.7. The number of aromatic nitrogens is 1. The predicted octanol–water partition coefficient (Wildman–Crippen LogP) is 13.9. The molecule has 0 radical (unpaired) electrons. The van der Waals surface area contributed by atoms with Crippen LogP contribution in [0.1, 0.15) is 25.3 Å². The average molecular weight is 638 g/mol. The van der Waals surface area contributed by atoms with E-state index in [0.717, 1.165) is 0 Å². The Morgan fingerprint density at radius 2 is 0.860 bits per heavy atom. The zero-order valence-corrected chi connectivity index (χ0v) is 28.2. The Hall–Kier alpha value is -6.18. The molecular formula is C49H35N. The van der Waals surface area contributed by atoms with Gasteiger partial charge in [0.1, 0.15) is 0 Å². The molecule has 236 valence electrons. The highest BCUT2D eigenvalue weighted by atomic mass is 15.0. The molecule has 0 saturated carbocycles. The predicted molar refractivity (Wildman–Crippen MR) is 216 cm³/mol. The lowest BCUT2D eigenvalue weighted by atomic mass is 9.86. The van der Waals surface area contributed by atoms with Crippen LogP contribution >= 0.6 is 0 Å². The Bertz CT molecular complexity index is 2870. The van der Waals surface area contributed by atoms with E-state index in [4.69, 9.17) is 0 Å². The average Bonchev–Trinajstić information content (AvgIpc) is 3.52. The zero-order valence-electron chi connectivity index (χ0n) is 28.2. The summed E-state index contributed by atoms with van der Waals surface area (Å²) < 4.78 is 2.49. The molecule has 0 aliphatic rings. The number of fused-ring (bicyclic) bond motifs is 9. The van der Waals surface area contributed by atoms with Gasteiger partial charge in [-0.05, 0) is 101 Å². The number of nitrogens with zero attached hydrogens (tertiary/aromatic N) is 1. The van der Waals surface area contributed by atoms with Crippen LogP contribution < -0.4 is 0 Å². The molecule has 0 spiro atoms. The van der Waals surface area contributed by atoms with Gasteiger partial charge in [0.15, 0.2) is 0 Å². The molecule has 50 heavy (non-hydrogen) atoms. The lowest BCUT2D eigenvalue weighted by molar-refractivity contribution is 0.877. The van der Waals surface area contributed by atoms with Crippen molar-refractivity contribution in [2.24, 2.45) is 0 Å². The van der Waals surface area contributed by atoms with Gasteiger partial charge < -0.3 is 4.57 Å². The Balaban J connectivity index is 1.26. The van der Waals surface area contributed by atoms with Gasteiger partial charge in [0, 0.05) is 16.5 Å². The van der Waals surface area contributed by atoms with Gasteiger partial charge in [0.25, 0.3) is 0 Å². The van der Waals surface area contributed by atoms with Crippen LogP contribution in [0.3, 0.4) is 0 Å². The van der Waals surface area contributed by atoms with Crippen molar-refractivity contribution in [1.82, 2.24) is 4.57 Å². The van der Waals surface area contributed by atoms with Crippen LogP contribution in [0.2, 0.25) is 0 Å². The highest BCUT2D eigenvalue weighted by molar-refractivity contribution is 6.29. The van der Waals surface area contributed by atoms with Gasteiger partial charge in [-0.15, -0.1) is 0 Å². The van der Waals surface area contributed by atoms with Crippen molar-refractivity contribution in [2.45, 2.75) is 19.8 Å². The maximum absolute atomic E-state index is 2.49. The third kappa shape index (κ3) is 4.20. The SMILES string of the molecule is CC(C)c1cc2c(c3ccccc13)c1c3ccccc3ccc1n2-c1ccc(-c2c3ccccc3c(-c3ccccc3)c3ccccc23)cc1. The summed E-state index contributed by atoms with van der Waals surface area (Å²) in [4.78, 5) is 0. The molecule has 1 heterocycles. The fraction of sp³-hybridized carbons (Fsp3) is 0.0612. The van der Waals surface area contributed by atoms with Crippen LogP contribution in [-0.2, 0) is 0 Å². The number of rotatable bonds is 4. The third-order valence-electron chi connectivity index (χ3n) is 10.7. The van der Waals surface area contributed by atoms with Crippen molar-refractivity contribution in [2.75, 3.05) is 0 Å². The Kier molecular flexibility index (Phi) is 6.44. The smallest absolute Gasteiger partial charge is 0.0550 e. The summed E-state index contributed by atoms with van der Waals surface area (Å²) >= 11 is 0. The van der Waals surface area contributed by atoms with E-state index in [9.17, 15) is 0 Å². The number of hydrogen-bond acceptors (Lipinski definition) is 0. The fourth-order valence-corrected chi connectivity index (χ4v) is 8.55. The van der Waals surface area contributed by atoms with Crippen LogP contribution in [0.25, 0.3) is 92.8 Å². The topological polar surface area (TPSA) is 4.93 Å². The van der Waals surface area contributed by atoms with Gasteiger partial charge in [0.2, 0.25) is 0 Å². The minimum Gasteiger partial charge on any atom is -0.309 e. The van der Waals surface area contributed by atoms with Gasteiger partial charge in [-0.25, -0.2) is 0 Å². The van der Waals surface area contributed by atoms with Crippen LogP contribution in [0.4, 0.5) is 0 Å². The molecule has 10 rings (SSSR count). The first kappa shape index (κ1) is 28.8. The van der Waals surface area contributed by atoms with E-state index in [1.807, 2.05) is 0 Å². The molecule has 0 unspecified atom stereocenters. The van der Waals surface area contributed by atoms with Gasteiger partial charge in [0.05, 0.1) is 11.0 Å². The second kappa shape index (κ2) is 11.2. The van der Waals surface area contributed by atoms with Crippen LogP contribution in [0.5, 0.6) is 0 Å². The highest BCUT2D eigenvalue weighted by Crippen LogP contribution is 2.45. The van der Waals surface area contributed by atoms with Crippen LogP contribution in [0.15, 0.2) is 170 Å². The second-order valence-corrected chi connectivity index (χ2v) is 13.8. The monoisotopic (exact) mass is 637 g/mol. The summed E-state index contributed by atoms with van der Waals surface area (Å²) in [5.74, 6) is 0.398. The molecule has 0 amide bonds. The molecule has 0 aliphatic carbocycles. The molecule has 0 aliphatic heterocycles. The zero-order chi connectivity index (χ0) is 33.3. The largest absolute Gasteiger partial charge is 0.309 e. The van der Waals surface area contributed by atoms with E-state index in [2.05, 4.69) is 188 Å². The third-order valence-corrected chi connectivity index (χ3v) is 10.7.